The number of benzene rings is 1. The van der Waals surface area contributed by atoms with E-state index in [-0.39, 0.29) is 23.1 Å². The normalized spacial score (nSPS) is 11.5. The third kappa shape index (κ3) is 4.56. The molecule has 5 heteroatoms. The second-order valence-corrected chi connectivity index (χ2v) is 5.76. The van der Waals surface area contributed by atoms with Crippen LogP contribution in [0.4, 0.5) is 8.78 Å². The lowest BCUT2D eigenvalue weighted by molar-refractivity contribution is 0.0944. The number of carbonyl (C=O) groups is 1. The molecule has 0 saturated heterocycles. The number of nitrogens with one attached hydrogen (secondary N) is 1. The van der Waals surface area contributed by atoms with Gasteiger partial charge >= 0.3 is 0 Å². The fourth-order valence-corrected chi connectivity index (χ4v) is 1.76. The number of hydrogen-bond acceptors (Lipinski definition) is 2. The topological polar surface area (TPSA) is 49.3 Å². The summed E-state index contributed by atoms with van der Waals surface area (Å²) in [5, 5.41) is 11.7. The third-order valence-electron chi connectivity index (χ3n) is 3.24. The number of carbonyl (C=O) groups excluding carboxylic acids is 1. The fraction of sp³-hybridized carbons (Fsp3) is 0.533. The summed E-state index contributed by atoms with van der Waals surface area (Å²) in [4.78, 5) is 11.8. The highest BCUT2D eigenvalue weighted by molar-refractivity contribution is 5.94. The minimum absolute atomic E-state index is 0.0682. The summed E-state index contributed by atoms with van der Waals surface area (Å²) < 4.78 is 26.9. The molecule has 0 aliphatic heterocycles. The molecular weight excluding hydrogens is 264 g/mol. The van der Waals surface area contributed by atoms with Crippen LogP contribution in [0.15, 0.2) is 12.1 Å². The van der Waals surface area contributed by atoms with Crippen molar-refractivity contribution >= 4 is 5.91 Å². The Morgan fingerprint density at radius 2 is 1.95 bits per heavy atom. The Labute approximate surface area is 118 Å². The van der Waals surface area contributed by atoms with E-state index in [1.807, 2.05) is 13.8 Å². The summed E-state index contributed by atoms with van der Waals surface area (Å²) in [6.07, 6.45) is 1.39. The third-order valence-corrected chi connectivity index (χ3v) is 3.24. The van der Waals surface area contributed by atoms with Gasteiger partial charge in [-0.2, -0.15) is 0 Å². The maximum Gasteiger partial charge on any atom is 0.254 e. The number of amides is 1. The maximum atomic E-state index is 13.6. The van der Waals surface area contributed by atoms with Crippen LogP contribution in [-0.2, 0) is 0 Å². The van der Waals surface area contributed by atoms with E-state index < -0.39 is 17.5 Å². The van der Waals surface area contributed by atoms with E-state index in [9.17, 15) is 13.6 Å². The first-order valence-corrected chi connectivity index (χ1v) is 6.61. The number of aliphatic hydroxyl groups is 1. The lowest BCUT2D eigenvalue weighted by Crippen LogP contribution is -2.27. The molecule has 1 aromatic rings. The Hall–Kier alpha value is -1.49. The van der Waals surface area contributed by atoms with Crippen molar-refractivity contribution < 1.29 is 18.7 Å². The van der Waals surface area contributed by atoms with Crippen LogP contribution < -0.4 is 5.32 Å². The standard InChI is InChI=1S/C15H21F2NO2/c1-10-7-13(17)11(8-12(10)16)14(20)18-6-4-5-15(2,3)9-19/h7-8,19H,4-6,9H2,1-3H3,(H,18,20). The molecule has 0 bridgehead atoms. The van der Waals surface area contributed by atoms with Gasteiger partial charge in [0, 0.05) is 13.2 Å². The van der Waals surface area contributed by atoms with Gasteiger partial charge in [-0.25, -0.2) is 8.78 Å². The molecule has 112 valence electrons. The zero-order chi connectivity index (χ0) is 15.3. The summed E-state index contributed by atoms with van der Waals surface area (Å²) in [7, 11) is 0. The zero-order valence-electron chi connectivity index (χ0n) is 12.1. The largest absolute Gasteiger partial charge is 0.396 e. The second-order valence-electron chi connectivity index (χ2n) is 5.76. The van der Waals surface area contributed by atoms with Gasteiger partial charge in [-0.1, -0.05) is 13.8 Å². The van der Waals surface area contributed by atoms with Gasteiger partial charge in [0.1, 0.15) is 11.6 Å². The smallest absolute Gasteiger partial charge is 0.254 e. The Bertz CT molecular complexity index is 487. The molecule has 0 spiro atoms. The number of aliphatic hydroxyl groups excluding tert-OH is 1. The van der Waals surface area contributed by atoms with Crippen LogP contribution in [0.25, 0.3) is 0 Å². The highest BCUT2D eigenvalue weighted by atomic mass is 19.1. The first-order chi connectivity index (χ1) is 9.26. The Kier molecular flexibility index (Phi) is 5.62. The minimum Gasteiger partial charge on any atom is -0.396 e. The quantitative estimate of drug-likeness (QED) is 0.790. The van der Waals surface area contributed by atoms with Crippen LogP contribution >= 0.6 is 0 Å². The molecule has 0 aromatic heterocycles. The maximum absolute atomic E-state index is 13.6. The molecule has 3 nitrogen and oxygen atoms in total. The molecule has 0 unspecified atom stereocenters. The summed E-state index contributed by atoms with van der Waals surface area (Å²) >= 11 is 0. The molecule has 0 aliphatic carbocycles. The van der Waals surface area contributed by atoms with Crippen molar-refractivity contribution in [1.29, 1.82) is 0 Å². The molecule has 0 fully saturated rings. The van der Waals surface area contributed by atoms with E-state index in [1.165, 1.54) is 6.92 Å². The Morgan fingerprint density at radius 3 is 2.55 bits per heavy atom. The predicted molar refractivity (Wildman–Crippen MR) is 73.5 cm³/mol. The van der Waals surface area contributed by atoms with Gasteiger partial charge in [-0.05, 0) is 42.9 Å². The fourth-order valence-electron chi connectivity index (χ4n) is 1.76. The van der Waals surface area contributed by atoms with E-state index >= 15 is 0 Å². The van der Waals surface area contributed by atoms with Crippen LogP contribution in [0.3, 0.4) is 0 Å². The van der Waals surface area contributed by atoms with E-state index in [4.69, 9.17) is 5.11 Å². The van der Waals surface area contributed by atoms with Gasteiger partial charge < -0.3 is 10.4 Å². The van der Waals surface area contributed by atoms with Crippen molar-refractivity contribution in [3.63, 3.8) is 0 Å². The van der Waals surface area contributed by atoms with Crippen molar-refractivity contribution in [3.05, 3.63) is 34.9 Å². The Morgan fingerprint density at radius 1 is 1.30 bits per heavy atom. The van der Waals surface area contributed by atoms with E-state index in [1.54, 1.807) is 0 Å². The van der Waals surface area contributed by atoms with Gasteiger partial charge in [-0.3, -0.25) is 4.79 Å². The summed E-state index contributed by atoms with van der Waals surface area (Å²) in [6.45, 7) is 5.71. The van der Waals surface area contributed by atoms with Gasteiger partial charge in [0.05, 0.1) is 5.56 Å². The molecule has 20 heavy (non-hydrogen) atoms. The van der Waals surface area contributed by atoms with Crippen LogP contribution in [-0.4, -0.2) is 24.2 Å². The van der Waals surface area contributed by atoms with E-state index in [2.05, 4.69) is 5.32 Å². The molecule has 0 heterocycles. The molecule has 1 aromatic carbocycles. The van der Waals surface area contributed by atoms with Gasteiger partial charge in [-0.15, -0.1) is 0 Å². The highest BCUT2D eigenvalue weighted by Crippen LogP contribution is 2.20. The van der Waals surface area contributed by atoms with Crippen LogP contribution in [0, 0.1) is 24.0 Å². The van der Waals surface area contributed by atoms with Gasteiger partial charge in [0.15, 0.2) is 0 Å². The molecule has 0 saturated carbocycles. The lowest BCUT2D eigenvalue weighted by Gasteiger charge is -2.21. The van der Waals surface area contributed by atoms with E-state index in [0.717, 1.165) is 18.6 Å². The number of aryl methyl sites for hydroxylation is 1. The van der Waals surface area contributed by atoms with Crippen molar-refractivity contribution in [3.8, 4) is 0 Å². The van der Waals surface area contributed by atoms with Crippen molar-refractivity contribution in [2.45, 2.75) is 33.6 Å². The van der Waals surface area contributed by atoms with E-state index in [0.29, 0.717) is 13.0 Å². The molecule has 1 amide bonds. The molecule has 0 aliphatic rings. The highest BCUT2D eigenvalue weighted by Gasteiger charge is 2.17. The Balaban J connectivity index is 2.54. The van der Waals surface area contributed by atoms with Crippen molar-refractivity contribution in [2.75, 3.05) is 13.2 Å². The minimum atomic E-state index is -0.725. The first kappa shape index (κ1) is 16.6. The van der Waals surface area contributed by atoms with Crippen LogP contribution in [0.1, 0.15) is 42.6 Å². The average Bonchev–Trinajstić information content (AvgIpc) is 2.38. The average molecular weight is 285 g/mol. The first-order valence-electron chi connectivity index (χ1n) is 6.61. The number of rotatable bonds is 6. The van der Waals surface area contributed by atoms with Crippen LogP contribution in [0.2, 0.25) is 0 Å². The van der Waals surface area contributed by atoms with Crippen molar-refractivity contribution in [2.24, 2.45) is 5.41 Å². The number of halogens is 2. The van der Waals surface area contributed by atoms with Gasteiger partial charge in [0.2, 0.25) is 0 Å². The number of hydrogen-bond donors (Lipinski definition) is 2. The molecular formula is C15H21F2NO2. The molecule has 0 atom stereocenters. The van der Waals surface area contributed by atoms with Crippen molar-refractivity contribution in [1.82, 2.24) is 5.32 Å². The summed E-state index contributed by atoms with van der Waals surface area (Å²) in [6, 6.07) is 1.93. The SMILES string of the molecule is Cc1cc(F)c(C(=O)NCCCC(C)(C)CO)cc1F. The second kappa shape index (κ2) is 6.79. The summed E-state index contributed by atoms with van der Waals surface area (Å²) in [5.41, 5.74) is -0.315. The molecule has 2 N–H and O–H groups in total. The lowest BCUT2D eigenvalue weighted by atomic mass is 9.89. The molecule has 1 rings (SSSR count). The molecule has 0 radical (unpaired) electrons. The zero-order valence-corrected chi connectivity index (χ0v) is 12.1. The predicted octanol–water partition coefficient (Wildman–Crippen LogP) is 2.80. The van der Waals surface area contributed by atoms with Gasteiger partial charge in [0.25, 0.3) is 5.91 Å². The summed E-state index contributed by atoms with van der Waals surface area (Å²) in [5.74, 6) is -1.95. The van der Waals surface area contributed by atoms with Crippen LogP contribution in [0.5, 0.6) is 0 Å². The monoisotopic (exact) mass is 285 g/mol.